The zero-order valence-corrected chi connectivity index (χ0v) is 19.1. The number of carboxylic acids is 1. The number of nitrogens with zero attached hydrogens (tertiary/aromatic N) is 3. The first kappa shape index (κ1) is 26.4. The third kappa shape index (κ3) is 7.41. The molecule has 0 radical (unpaired) electrons. The molecule has 1 amide bonds. The van der Waals surface area contributed by atoms with E-state index in [0.29, 0.717) is 11.5 Å². The second-order valence-corrected chi connectivity index (χ2v) is 8.14. The zero-order valence-electron chi connectivity index (χ0n) is 19.1. The van der Waals surface area contributed by atoms with Crippen molar-refractivity contribution < 1.29 is 27.9 Å². The number of aromatic nitrogens is 2. The molecule has 0 unspecified atom stereocenters. The van der Waals surface area contributed by atoms with Gasteiger partial charge in [0.05, 0.1) is 17.4 Å². The van der Waals surface area contributed by atoms with Gasteiger partial charge >= 0.3 is 12.1 Å². The van der Waals surface area contributed by atoms with Crippen molar-refractivity contribution in [1.29, 1.82) is 5.26 Å². The minimum absolute atomic E-state index is 0.0897. The number of benzene rings is 2. The summed E-state index contributed by atoms with van der Waals surface area (Å²) in [6.07, 6.45) is 1.35. The molecule has 0 aliphatic carbocycles. The van der Waals surface area contributed by atoms with Gasteiger partial charge in [0.1, 0.15) is 6.07 Å². The minimum atomic E-state index is -5.08. The van der Waals surface area contributed by atoms with Crippen molar-refractivity contribution in [3.8, 4) is 11.8 Å². The summed E-state index contributed by atoms with van der Waals surface area (Å²) >= 11 is 0. The number of anilines is 1. The summed E-state index contributed by atoms with van der Waals surface area (Å²) < 4.78 is 33.4. The van der Waals surface area contributed by atoms with E-state index >= 15 is 0 Å². The van der Waals surface area contributed by atoms with E-state index in [1.165, 1.54) is 6.20 Å². The van der Waals surface area contributed by atoms with Crippen LogP contribution in [-0.4, -0.2) is 46.0 Å². The molecule has 0 atom stereocenters. The van der Waals surface area contributed by atoms with Crippen LogP contribution in [0.15, 0.2) is 60.9 Å². The normalized spacial score (nSPS) is 13.7. The molecule has 3 N–H and O–H groups in total. The summed E-state index contributed by atoms with van der Waals surface area (Å²) in [6.45, 7) is 2.11. The smallest absolute Gasteiger partial charge is 0.475 e. The number of amides is 1. The Balaban J connectivity index is 0.000000454. The highest BCUT2D eigenvalue weighted by Crippen LogP contribution is 2.22. The number of halogens is 3. The third-order valence-corrected chi connectivity index (χ3v) is 5.57. The molecule has 0 bridgehead atoms. The molecule has 4 rings (SSSR count). The Bertz CT molecular complexity index is 1230. The number of carbonyl (C=O) groups is 2. The van der Waals surface area contributed by atoms with Crippen molar-refractivity contribution in [2.45, 2.75) is 25.4 Å². The van der Waals surface area contributed by atoms with Crippen LogP contribution >= 0.6 is 0 Å². The van der Waals surface area contributed by atoms with E-state index < -0.39 is 12.1 Å². The van der Waals surface area contributed by atoms with Crippen LogP contribution in [0.3, 0.4) is 0 Å². The quantitative estimate of drug-likeness (QED) is 0.485. The van der Waals surface area contributed by atoms with Crippen molar-refractivity contribution in [3.63, 3.8) is 0 Å². The summed E-state index contributed by atoms with van der Waals surface area (Å²) in [7, 11) is 0. The van der Waals surface area contributed by atoms with Crippen molar-refractivity contribution in [2.24, 2.45) is 5.92 Å². The van der Waals surface area contributed by atoms with Crippen LogP contribution in [0.4, 0.5) is 18.9 Å². The number of rotatable bonds is 5. The molecule has 0 saturated carbocycles. The third-order valence-electron chi connectivity index (χ3n) is 5.57. The average molecular weight is 499 g/mol. The maximum absolute atomic E-state index is 12.9. The monoisotopic (exact) mass is 499 g/mol. The second-order valence-electron chi connectivity index (χ2n) is 8.14. The van der Waals surface area contributed by atoms with Crippen LogP contribution in [0.2, 0.25) is 0 Å². The van der Waals surface area contributed by atoms with Crippen molar-refractivity contribution >= 4 is 17.6 Å². The van der Waals surface area contributed by atoms with Gasteiger partial charge in [-0.25, -0.2) is 9.48 Å². The van der Waals surface area contributed by atoms with E-state index in [-0.39, 0.29) is 5.91 Å². The molecular formula is C25H24F3N5O3. The van der Waals surface area contributed by atoms with Gasteiger partial charge in [0.15, 0.2) is 0 Å². The largest absolute Gasteiger partial charge is 0.490 e. The second kappa shape index (κ2) is 12.0. The molecule has 1 fully saturated rings. The Labute approximate surface area is 205 Å². The van der Waals surface area contributed by atoms with Gasteiger partial charge in [0.2, 0.25) is 0 Å². The van der Waals surface area contributed by atoms with Gasteiger partial charge in [-0.3, -0.25) is 4.79 Å². The van der Waals surface area contributed by atoms with Gasteiger partial charge in [-0.1, -0.05) is 18.2 Å². The fraction of sp³-hybridized carbons (Fsp3) is 0.280. The lowest BCUT2D eigenvalue weighted by atomic mass is 9.89. The number of nitriles is 1. The fourth-order valence-corrected chi connectivity index (χ4v) is 3.73. The molecule has 1 saturated heterocycles. The van der Waals surface area contributed by atoms with Crippen LogP contribution in [0.25, 0.3) is 5.69 Å². The van der Waals surface area contributed by atoms with Gasteiger partial charge < -0.3 is 15.7 Å². The van der Waals surface area contributed by atoms with Gasteiger partial charge in [-0.05, 0) is 74.2 Å². The van der Waals surface area contributed by atoms with Gasteiger partial charge in [0.25, 0.3) is 5.91 Å². The predicted octanol–water partition coefficient (Wildman–Crippen LogP) is 4.17. The first-order valence-corrected chi connectivity index (χ1v) is 11.1. The van der Waals surface area contributed by atoms with Crippen molar-refractivity contribution in [2.75, 3.05) is 18.4 Å². The Hall–Kier alpha value is -4.17. The van der Waals surface area contributed by atoms with Crippen LogP contribution in [0, 0.1) is 17.2 Å². The Morgan fingerprint density at radius 3 is 2.36 bits per heavy atom. The summed E-state index contributed by atoms with van der Waals surface area (Å²) in [5.74, 6) is -2.22. The first-order valence-electron chi connectivity index (χ1n) is 11.1. The predicted molar refractivity (Wildman–Crippen MR) is 126 cm³/mol. The standard InChI is InChI=1S/C23H23N5O.C2HF3O2/c24-14-18-15-26-28(16-18)21-7-5-20(6-8-21)27-23(29)22-4-2-1-3-19(22)13-17-9-11-25-12-10-17;3-2(4,5)1(6)7/h1-8,15-17,25H,9-13H2,(H,27,29);(H,6,7). The average Bonchev–Trinajstić information content (AvgIpc) is 3.35. The van der Waals surface area contributed by atoms with Crippen molar-refractivity contribution in [1.82, 2.24) is 15.1 Å². The topological polar surface area (TPSA) is 120 Å². The van der Waals surface area contributed by atoms with Crippen LogP contribution in [0.5, 0.6) is 0 Å². The molecule has 2 heterocycles. The van der Waals surface area contributed by atoms with E-state index in [0.717, 1.165) is 54.9 Å². The molecule has 2 aromatic carbocycles. The fourth-order valence-electron chi connectivity index (χ4n) is 3.73. The van der Waals surface area contributed by atoms with Crippen LogP contribution < -0.4 is 10.6 Å². The number of aliphatic carboxylic acids is 1. The molecule has 11 heteroatoms. The van der Waals surface area contributed by atoms with E-state index in [1.807, 2.05) is 42.5 Å². The lowest BCUT2D eigenvalue weighted by Gasteiger charge is -2.23. The molecule has 8 nitrogen and oxygen atoms in total. The molecule has 0 spiro atoms. The molecule has 36 heavy (non-hydrogen) atoms. The number of hydrogen-bond donors (Lipinski definition) is 3. The lowest BCUT2D eigenvalue weighted by Crippen LogP contribution is -2.29. The molecule has 188 valence electrons. The maximum atomic E-state index is 12.9. The lowest BCUT2D eigenvalue weighted by molar-refractivity contribution is -0.192. The Kier molecular flexibility index (Phi) is 8.81. The van der Waals surface area contributed by atoms with Crippen LogP contribution in [-0.2, 0) is 11.2 Å². The summed E-state index contributed by atoms with van der Waals surface area (Å²) in [5.41, 5.74) is 3.90. The van der Waals surface area contributed by atoms with Gasteiger partial charge in [-0.2, -0.15) is 23.5 Å². The number of alkyl halides is 3. The number of carboxylic acid groups (broad SMARTS) is 1. The highest BCUT2D eigenvalue weighted by Gasteiger charge is 2.38. The minimum Gasteiger partial charge on any atom is -0.475 e. The molecule has 1 aliphatic heterocycles. The van der Waals surface area contributed by atoms with Crippen LogP contribution in [0.1, 0.15) is 34.3 Å². The highest BCUT2D eigenvalue weighted by molar-refractivity contribution is 6.05. The van der Waals surface area contributed by atoms with Crippen molar-refractivity contribution in [3.05, 3.63) is 77.6 Å². The molecule has 1 aromatic heterocycles. The van der Waals surface area contributed by atoms with Gasteiger partial charge in [0, 0.05) is 17.4 Å². The Morgan fingerprint density at radius 2 is 1.78 bits per heavy atom. The number of piperidine rings is 1. The molecule has 3 aromatic rings. The van der Waals surface area contributed by atoms with E-state index in [2.05, 4.69) is 27.9 Å². The summed E-state index contributed by atoms with van der Waals surface area (Å²) in [4.78, 5) is 21.8. The number of hydrogen-bond acceptors (Lipinski definition) is 5. The maximum Gasteiger partial charge on any atom is 0.490 e. The Morgan fingerprint density at radius 1 is 1.14 bits per heavy atom. The highest BCUT2D eigenvalue weighted by atomic mass is 19.4. The summed E-state index contributed by atoms with van der Waals surface area (Å²) in [5, 5.41) is 26.6. The zero-order chi connectivity index (χ0) is 26.1. The number of nitrogens with one attached hydrogen (secondary N) is 2. The summed E-state index contributed by atoms with van der Waals surface area (Å²) in [6, 6.07) is 17.4. The number of carbonyl (C=O) groups excluding carboxylic acids is 1. The first-order chi connectivity index (χ1) is 17.2. The SMILES string of the molecule is N#Cc1cnn(-c2ccc(NC(=O)c3ccccc3CC3CCNCC3)cc2)c1.O=C(O)C(F)(F)F. The molecular weight excluding hydrogens is 475 g/mol. The van der Waals surface area contributed by atoms with Gasteiger partial charge in [-0.15, -0.1) is 0 Å². The molecule has 1 aliphatic rings. The van der Waals surface area contributed by atoms with E-state index in [9.17, 15) is 18.0 Å². The van der Waals surface area contributed by atoms with E-state index in [1.54, 1.807) is 10.9 Å². The van der Waals surface area contributed by atoms with E-state index in [4.69, 9.17) is 15.2 Å².